The predicted octanol–water partition coefficient (Wildman–Crippen LogP) is 5.22. The van der Waals surface area contributed by atoms with Gasteiger partial charge in [0.05, 0.1) is 0 Å². The summed E-state index contributed by atoms with van der Waals surface area (Å²) in [5.41, 5.74) is 3.66. The van der Waals surface area contributed by atoms with Crippen molar-refractivity contribution >= 4 is 29.2 Å². The molecule has 0 spiro atoms. The Hall–Kier alpha value is -2.08. The molecule has 0 aromatic heterocycles. The molecule has 0 atom stereocenters. The molecule has 1 aliphatic heterocycles. The Balaban J connectivity index is 1.67. The van der Waals surface area contributed by atoms with E-state index in [-0.39, 0.29) is 5.91 Å². The van der Waals surface area contributed by atoms with Crippen LogP contribution < -0.4 is 9.62 Å². The summed E-state index contributed by atoms with van der Waals surface area (Å²) in [6.45, 7) is 4.33. The highest BCUT2D eigenvalue weighted by Crippen LogP contribution is 2.31. The van der Waals surface area contributed by atoms with Crippen LogP contribution in [0.3, 0.4) is 0 Å². The van der Waals surface area contributed by atoms with Crippen LogP contribution in [0.4, 0.5) is 20.2 Å². The van der Waals surface area contributed by atoms with Gasteiger partial charge in [-0.25, -0.2) is 8.78 Å². The summed E-state index contributed by atoms with van der Waals surface area (Å²) in [7, 11) is 0. The van der Waals surface area contributed by atoms with Crippen LogP contribution >= 0.6 is 11.9 Å². The molecular weight excluding hydrogens is 354 g/mol. The summed E-state index contributed by atoms with van der Waals surface area (Å²) < 4.78 is 30.7. The topological polar surface area (TPSA) is 32.3 Å². The first-order valence-electron chi connectivity index (χ1n) is 8.75. The number of aryl methyl sites for hydroxylation is 2. The van der Waals surface area contributed by atoms with Crippen LogP contribution in [-0.2, 0) is 17.0 Å². The second kappa shape index (κ2) is 8.08. The SMILES string of the molecule is CCCN1C(=O)CCc2cc(NSCc3ccc(C)c(F)c3F)ccc21. The first kappa shape index (κ1) is 18.7. The molecule has 1 N–H and O–H groups in total. The standard InChI is InChI=1S/C20H22F2N2OS/c1-3-10-24-17-8-7-16(11-14(17)6-9-18(24)25)23-26-12-15-5-4-13(2)19(21)20(15)22/h4-5,7-8,11,23H,3,6,9-10,12H2,1-2H3. The molecule has 1 heterocycles. The number of rotatable bonds is 6. The zero-order valence-corrected chi connectivity index (χ0v) is 15.8. The summed E-state index contributed by atoms with van der Waals surface area (Å²) in [6, 6.07) is 9.11. The Bertz CT molecular complexity index is 826. The van der Waals surface area contributed by atoms with Gasteiger partial charge in [-0.1, -0.05) is 19.1 Å². The van der Waals surface area contributed by atoms with Crippen LogP contribution in [0.1, 0.15) is 36.5 Å². The Morgan fingerprint density at radius 2 is 1.96 bits per heavy atom. The number of carbonyl (C=O) groups is 1. The molecule has 1 amide bonds. The smallest absolute Gasteiger partial charge is 0.227 e. The minimum Gasteiger partial charge on any atom is -0.329 e. The van der Waals surface area contributed by atoms with Gasteiger partial charge in [0.2, 0.25) is 5.91 Å². The van der Waals surface area contributed by atoms with Gasteiger partial charge in [-0.3, -0.25) is 4.79 Å². The van der Waals surface area contributed by atoms with E-state index >= 15 is 0 Å². The average Bonchev–Trinajstić information content (AvgIpc) is 2.64. The van der Waals surface area contributed by atoms with Crippen LogP contribution in [-0.4, -0.2) is 12.5 Å². The summed E-state index contributed by atoms with van der Waals surface area (Å²) in [4.78, 5) is 13.9. The minimum absolute atomic E-state index is 0.173. The number of carbonyl (C=O) groups excluding carboxylic acids is 1. The molecule has 0 bridgehead atoms. The Labute approximate surface area is 156 Å². The molecule has 3 rings (SSSR count). The fourth-order valence-corrected chi connectivity index (χ4v) is 3.83. The number of halogens is 2. The molecule has 2 aromatic rings. The largest absolute Gasteiger partial charge is 0.329 e. The van der Waals surface area contributed by atoms with E-state index in [4.69, 9.17) is 0 Å². The molecule has 6 heteroatoms. The van der Waals surface area contributed by atoms with Crippen molar-refractivity contribution in [2.75, 3.05) is 16.2 Å². The van der Waals surface area contributed by atoms with Crippen molar-refractivity contribution in [2.45, 2.75) is 38.9 Å². The van der Waals surface area contributed by atoms with Gasteiger partial charge in [0, 0.05) is 35.7 Å². The fourth-order valence-electron chi connectivity index (χ4n) is 3.09. The number of hydrogen-bond acceptors (Lipinski definition) is 3. The Kier molecular flexibility index (Phi) is 5.81. The Morgan fingerprint density at radius 1 is 1.15 bits per heavy atom. The molecule has 2 aromatic carbocycles. The first-order valence-corrected chi connectivity index (χ1v) is 9.74. The quantitative estimate of drug-likeness (QED) is 0.701. The molecule has 3 nitrogen and oxygen atoms in total. The Morgan fingerprint density at radius 3 is 2.73 bits per heavy atom. The second-order valence-electron chi connectivity index (χ2n) is 6.45. The number of anilines is 2. The molecule has 138 valence electrons. The highest BCUT2D eigenvalue weighted by molar-refractivity contribution is 7.99. The lowest BCUT2D eigenvalue weighted by Crippen LogP contribution is -2.35. The maximum atomic E-state index is 13.9. The third kappa shape index (κ3) is 3.85. The fraction of sp³-hybridized carbons (Fsp3) is 0.350. The number of fused-ring (bicyclic) bond motifs is 1. The van der Waals surface area contributed by atoms with Crippen molar-refractivity contribution in [3.05, 3.63) is 58.7 Å². The van der Waals surface area contributed by atoms with Crippen molar-refractivity contribution in [1.82, 2.24) is 0 Å². The lowest BCUT2D eigenvalue weighted by atomic mass is 10.0. The average molecular weight is 376 g/mol. The van der Waals surface area contributed by atoms with E-state index in [1.54, 1.807) is 19.1 Å². The molecule has 0 fully saturated rings. The minimum atomic E-state index is -0.780. The third-order valence-corrected chi connectivity index (χ3v) is 5.34. The number of benzene rings is 2. The maximum Gasteiger partial charge on any atom is 0.227 e. The number of amides is 1. The van der Waals surface area contributed by atoms with Gasteiger partial charge < -0.3 is 9.62 Å². The van der Waals surface area contributed by atoms with Crippen molar-refractivity contribution in [1.29, 1.82) is 0 Å². The van der Waals surface area contributed by atoms with Gasteiger partial charge in [0.1, 0.15) is 0 Å². The van der Waals surface area contributed by atoms with Gasteiger partial charge in [-0.05, 0) is 61.0 Å². The monoisotopic (exact) mass is 376 g/mol. The number of nitrogens with zero attached hydrogens (tertiary/aromatic N) is 1. The van der Waals surface area contributed by atoms with E-state index in [1.165, 1.54) is 11.9 Å². The first-order chi connectivity index (χ1) is 12.5. The van der Waals surface area contributed by atoms with E-state index in [1.807, 2.05) is 23.1 Å². The van der Waals surface area contributed by atoms with Crippen LogP contribution in [0.15, 0.2) is 30.3 Å². The number of nitrogens with one attached hydrogen (secondary N) is 1. The van der Waals surface area contributed by atoms with E-state index in [9.17, 15) is 13.6 Å². The highest BCUT2D eigenvalue weighted by atomic mass is 32.2. The van der Waals surface area contributed by atoms with Crippen LogP contribution in [0.25, 0.3) is 0 Å². The van der Waals surface area contributed by atoms with E-state index < -0.39 is 11.6 Å². The predicted molar refractivity (Wildman–Crippen MR) is 103 cm³/mol. The third-order valence-electron chi connectivity index (χ3n) is 4.50. The summed E-state index contributed by atoms with van der Waals surface area (Å²) in [5.74, 6) is -1.07. The number of hydrogen-bond donors (Lipinski definition) is 1. The summed E-state index contributed by atoms with van der Waals surface area (Å²) in [5, 5.41) is 0. The van der Waals surface area contributed by atoms with Crippen LogP contribution in [0.5, 0.6) is 0 Å². The molecule has 1 aliphatic rings. The highest BCUT2D eigenvalue weighted by Gasteiger charge is 2.23. The summed E-state index contributed by atoms with van der Waals surface area (Å²) in [6.07, 6.45) is 2.17. The molecule has 0 saturated heterocycles. The molecule has 0 aliphatic carbocycles. The zero-order valence-electron chi connectivity index (χ0n) is 14.9. The molecule has 26 heavy (non-hydrogen) atoms. The normalized spacial score (nSPS) is 13.7. The van der Waals surface area contributed by atoms with Crippen LogP contribution in [0, 0.1) is 18.6 Å². The second-order valence-corrected chi connectivity index (χ2v) is 7.23. The van der Waals surface area contributed by atoms with Crippen molar-refractivity contribution < 1.29 is 13.6 Å². The van der Waals surface area contributed by atoms with Gasteiger partial charge in [0.25, 0.3) is 0 Å². The van der Waals surface area contributed by atoms with Gasteiger partial charge in [0.15, 0.2) is 11.6 Å². The lowest BCUT2D eigenvalue weighted by molar-refractivity contribution is -0.118. The molecule has 0 radical (unpaired) electrons. The molecule has 0 unspecified atom stereocenters. The van der Waals surface area contributed by atoms with E-state index in [0.29, 0.717) is 23.3 Å². The van der Waals surface area contributed by atoms with Gasteiger partial charge in [-0.15, -0.1) is 0 Å². The molecule has 0 saturated carbocycles. The van der Waals surface area contributed by atoms with Crippen molar-refractivity contribution in [3.8, 4) is 0 Å². The van der Waals surface area contributed by atoms with Gasteiger partial charge in [-0.2, -0.15) is 0 Å². The van der Waals surface area contributed by atoms with Gasteiger partial charge >= 0.3 is 0 Å². The summed E-state index contributed by atoms with van der Waals surface area (Å²) >= 11 is 1.31. The zero-order chi connectivity index (χ0) is 18.7. The molecular formula is C20H22F2N2OS. The maximum absolute atomic E-state index is 13.9. The van der Waals surface area contributed by atoms with Crippen molar-refractivity contribution in [2.24, 2.45) is 0 Å². The van der Waals surface area contributed by atoms with Crippen molar-refractivity contribution in [3.63, 3.8) is 0 Å². The van der Waals surface area contributed by atoms with Crippen LogP contribution in [0.2, 0.25) is 0 Å². The lowest BCUT2D eigenvalue weighted by Gasteiger charge is -2.29. The van der Waals surface area contributed by atoms with E-state index in [0.717, 1.165) is 36.3 Å². The van der Waals surface area contributed by atoms with E-state index in [2.05, 4.69) is 11.6 Å².